The van der Waals surface area contributed by atoms with Gasteiger partial charge in [0.2, 0.25) is 5.91 Å². The molecule has 0 aromatic carbocycles. The zero-order chi connectivity index (χ0) is 58.5. The number of carbonyl (C=O) groups excluding carboxylic acids is 2. The molecule has 81 heavy (non-hydrogen) atoms. The maximum atomic E-state index is 12.5. The predicted molar refractivity (Wildman–Crippen MR) is 356 cm³/mol. The van der Waals surface area contributed by atoms with E-state index in [4.69, 9.17) is 4.74 Å². The fourth-order valence-electron chi connectivity index (χ4n) is 11.8. The summed E-state index contributed by atoms with van der Waals surface area (Å²) in [5.74, 6) is -0.0456. The van der Waals surface area contributed by atoms with Gasteiger partial charge in [0, 0.05) is 12.8 Å². The summed E-state index contributed by atoms with van der Waals surface area (Å²) in [6.45, 7) is 4.94. The van der Waals surface area contributed by atoms with Crippen LogP contribution in [0.2, 0.25) is 0 Å². The molecule has 0 saturated carbocycles. The molecule has 0 heterocycles. The second-order valence-corrected chi connectivity index (χ2v) is 25.6. The van der Waals surface area contributed by atoms with Gasteiger partial charge in [0.25, 0.3) is 0 Å². The van der Waals surface area contributed by atoms with Crippen molar-refractivity contribution in [3.63, 3.8) is 0 Å². The number of amides is 1. The lowest BCUT2D eigenvalue weighted by molar-refractivity contribution is -0.143. The molecule has 0 saturated heterocycles. The maximum Gasteiger partial charge on any atom is 0.305 e. The Morgan fingerprint density at radius 3 is 0.877 bits per heavy atom. The summed E-state index contributed by atoms with van der Waals surface area (Å²) < 4.78 is 5.48. The smallest absolute Gasteiger partial charge is 0.305 e. The molecule has 6 nitrogen and oxygen atoms in total. The lowest BCUT2D eigenvalue weighted by Crippen LogP contribution is -2.45. The number of allylic oxidation sites excluding steroid dienone is 3. The van der Waals surface area contributed by atoms with Crippen molar-refractivity contribution < 1.29 is 24.5 Å². The summed E-state index contributed by atoms with van der Waals surface area (Å²) in [5.41, 5.74) is 0. The molecule has 0 radical (unpaired) electrons. The molecule has 0 bridgehead atoms. The number of carbonyl (C=O) groups is 2. The number of rotatable bonds is 70. The summed E-state index contributed by atoms with van der Waals surface area (Å²) in [6.07, 6.45) is 89.9. The van der Waals surface area contributed by atoms with Crippen LogP contribution in [0.15, 0.2) is 24.3 Å². The molecule has 2 unspecified atom stereocenters. The van der Waals surface area contributed by atoms with Crippen LogP contribution in [-0.4, -0.2) is 47.4 Å². The van der Waals surface area contributed by atoms with E-state index in [1.54, 1.807) is 6.08 Å². The van der Waals surface area contributed by atoms with Crippen LogP contribution >= 0.6 is 0 Å². The number of esters is 1. The molecule has 480 valence electrons. The minimum absolute atomic E-state index is 0.0166. The topological polar surface area (TPSA) is 95.9 Å². The van der Waals surface area contributed by atoms with Crippen molar-refractivity contribution in [1.29, 1.82) is 0 Å². The van der Waals surface area contributed by atoms with Crippen molar-refractivity contribution in [3.8, 4) is 0 Å². The molecule has 0 spiro atoms. The van der Waals surface area contributed by atoms with Gasteiger partial charge in [-0.3, -0.25) is 9.59 Å². The molecule has 1 amide bonds. The number of aliphatic hydroxyl groups is 2. The Morgan fingerprint density at radius 2 is 0.580 bits per heavy atom. The molecule has 0 aromatic heterocycles. The quantitative estimate of drug-likeness (QED) is 0.0320. The molecule has 3 N–H and O–H groups in total. The molecule has 0 aliphatic heterocycles. The van der Waals surface area contributed by atoms with E-state index in [1.165, 1.54) is 353 Å². The van der Waals surface area contributed by atoms with Gasteiger partial charge in [-0.15, -0.1) is 0 Å². The molecule has 0 aliphatic rings. The summed E-state index contributed by atoms with van der Waals surface area (Å²) in [5, 5.41) is 23.3. The van der Waals surface area contributed by atoms with Gasteiger partial charge < -0.3 is 20.3 Å². The van der Waals surface area contributed by atoms with Crippen LogP contribution in [0.25, 0.3) is 0 Å². The van der Waals surface area contributed by atoms with Gasteiger partial charge >= 0.3 is 5.97 Å². The van der Waals surface area contributed by atoms with Crippen molar-refractivity contribution in [2.75, 3.05) is 13.2 Å². The summed E-state index contributed by atoms with van der Waals surface area (Å²) in [7, 11) is 0. The SMILES string of the molecule is CCCCCCCCCCCCCCCCCCCCCCCC/C=C/C(O)C(CO)NC(=O)CCCCCCCCCCCCCCC/C=C\CCCCCCCCCCCCCCOC(=O)CCCCCCCCCCCCC. The monoisotopic (exact) mass is 1140 g/mol. The van der Waals surface area contributed by atoms with Gasteiger partial charge in [-0.25, -0.2) is 0 Å². The molecule has 0 aromatic rings. The molecule has 0 aliphatic carbocycles. The van der Waals surface area contributed by atoms with Crippen molar-refractivity contribution in [2.24, 2.45) is 0 Å². The first-order chi connectivity index (χ1) is 40.0. The van der Waals surface area contributed by atoms with Crippen molar-refractivity contribution in [1.82, 2.24) is 5.32 Å². The van der Waals surface area contributed by atoms with E-state index in [2.05, 4.69) is 31.3 Å². The van der Waals surface area contributed by atoms with Gasteiger partial charge in [-0.2, -0.15) is 0 Å². The summed E-state index contributed by atoms with van der Waals surface area (Å²) >= 11 is 0. The van der Waals surface area contributed by atoms with Crippen molar-refractivity contribution in [2.45, 2.75) is 431 Å². The van der Waals surface area contributed by atoms with Gasteiger partial charge in [0.1, 0.15) is 0 Å². The zero-order valence-corrected chi connectivity index (χ0v) is 55.0. The number of hydrogen-bond donors (Lipinski definition) is 3. The number of unbranched alkanes of at least 4 members (excludes halogenated alkanes) is 57. The van der Waals surface area contributed by atoms with Crippen LogP contribution in [0.4, 0.5) is 0 Å². The fraction of sp³-hybridized carbons (Fsp3) is 0.920. The maximum absolute atomic E-state index is 12.5. The number of hydrogen-bond acceptors (Lipinski definition) is 5. The minimum Gasteiger partial charge on any atom is -0.466 e. The average Bonchev–Trinajstić information content (AvgIpc) is 3.47. The third-order valence-electron chi connectivity index (χ3n) is 17.5. The van der Waals surface area contributed by atoms with Crippen LogP contribution < -0.4 is 5.32 Å². The highest BCUT2D eigenvalue weighted by Crippen LogP contribution is 2.19. The van der Waals surface area contributed by atoms with Crippen molar-refractivity contribution >= 4 is 11.9 Å². The molecular weight excluding hydrogens is 995 g/mol. The molecule has 2 atom stereocenters. The predicted octanol–water partition coefficient (Wildman–Crippen LogP) is 24.1. The molecule has 0 rings (SSSR count). The largest absolute Gasteiger partial charge is 0.466 e. The second-order valence-electron chi connectivity index (χ2n) is 25.6. The number of nitrogens with one attached hydrogen (secondary N) is 1. The first kappa shape index (κ1) is 79.3. The lowest BCUT2D eigenvalue weighted by Gasteiger charge is -2.20. The first-order valence-corrected chi connectivity index (χ1v) is 37.1. The number of ether oxygens (including phenoxy) is 1. The van der Waals surface area contributed by atoms with Gasteiger partial charge in [0.05, 0.1) is 25.4 Å². The van der Waals surface area contributed by atoms with Crippen LogP contribution in [0.1, 0.15) is 418 Å². The Bertz CT molecular complexity index is 1270. The van der Waals surface area contributed by atoms with Gasteiger partial charge in [-0.05, 0) is 57.8 Å². The zero-order valence-electron chi connectivity index (χ0n) is 55.0. The first-order valence-electron chi connectivity index (χ1n) is 37.1. The van der Waals surface area contributed by atoms with E-state index < -0.39 is 12.1 Å². The molecular formula is C75H145NO5. The highest BCUT2D eigenvalue weighted by molar-refractivity contribution is 5.76. The van der Waals surface area contributed by atoms with E-state index in [0.717, 1.165) is 38.5 Å². The van der Waals surface area contributed by atoms with E-state index in [1.807, 2.05) is 6.08 Å². The standard InChI is InChI=1S/C75H145NO5/c1-3-5-7-9-11-13-15-16-17-18-19-20-21-29-32-35-38-41-44-48-51-55-59-63-67-73(78)72(71-77)76-74(79)68-64-60-56-52-49-45-42-39-36-33-30-27-25-23-22-24-26-28-31-34-37-40-43-46-50-54-58-62-66-70-81-75(80)69-65-61-57-53-47-14-12-10-8-6-4-2/h22,24,63,67,72-73,77-78H,3-21,23,25-62,64-66,68-71H2,1-2H3,(H,76,79)/b24-22-,67-63+. The third-order valence-corrected chi connectivity index (χ3v) is 17.5. The Morgan fingerprint density at radius 1 is 0.333 bits per heavy atom. The van der Waals surface area contributed by atoms with Crippen molar-refractivity contribution in [3.05, 3.63) is 24.3 Å². The van der Waals surface area contributed by atoms with Crippen LogP contribution in [-0.2, 0) is 14.3 Å². The minimum atomic E-state index is -0.845. The summed E-state index contributed by atoms with van der Waals surface area (Å²) in [6, 6.07) is -0.628. The Hall–Kier alpha value is -1.66. The molecule has 6 heteroatoms. The lowest BCUT2D eigenvalue weighted by atomic mass is 10.0. The van der Waals surface area contributed by atoms with Crippen LogP contribution in [0.5, 0.6) is 0 Å². The average molecular weight is 1140 g/mol. The van der Waals surface area contributed by atoms with E-state index in [9.17, 15) is 19.8 Å². The normalized spacial score (nSPS) is 12.6. The van der Waals surface area contributed by atoms with Gasteiger partial charge in [0.15, 0.2) is 0 Å². The van der Waals surface area contributed by atoms with E-state index >= 15 is 0 Å². The van der Waals surface area contributed by atoms with Gasteiger partial charge in [-0.1, -0.05) is 372 Å². The van der Waals surface area contributed by atoms with E-state index in [0.29, 0.717) is 19.4 Å². The highest BCUT2D eigenvalue weighted by Gasteiger charge is 2.18. The second kappa shape index (κ2) is 70.8. The number of aliphatic hydroxyl groups excluding tert-OH is 2. The summed E-state index contributed by atoms with van der Waals surface area (Å²) in [4.78, 5) is 24.6. The Labute approximate surface area is 507 Å². The Kier molecular flexibility index (Phi) is 69.4. The highest BCUT2D eigenvalue weighted by atomic mass is 16.5. The molecule has 0 fully saturated rings. The van der Waals surface area contributed by atoms with Crippen LogP contribution in [0.3, 0.4) is 0 Å². The van der Waals surface area contributed by atoms with E-state index in [-0.39, 0.29) is 18.5 Å². The van der Waals surface area contributed by atoms with Crippen LogP contribution in [0, 0.1) is 0 Å². The fourth-order valence-corrected chi connectivity index (χ4v) is 11.8. The third kappa shape index (κ3) is 67.3. The Balaban J connectivity index is 3.40.